The lowest BCUT2D eigenvalue weighted by atomic mass is 9.83. The summed E-state index contributed by atoms with van der Waals surface area (Å²) >= 11 is 2.41. The van der Waals surface area contributed by atoms with Crippen molar-refractivity contribution in [3.63, 3.8) is 0 Å². The Bertz CT molecular complexity index is 1890. The van der Waals surface area contributed by atoms with E-state index in [0.29, 0.717) is 0 Å². The number of aryl methyl sites for hydroxylation is 1. The van der Waals surface area contributed by atoms with Crippen molar-refractivity contribution in [2.24, 2.45) is 0 Å². The topological polar surface area (TPSA) is 13.6 Å². The Morgan fingerprint density at radius 1 is 0.500 bits per heavy atom. The van der Waals surface area contributed by atoms with Crippen LogP contribution in [-0.4, -0.2) is 7.12 Å². The molecule has 2 aliphatic heterocycles. The SMILES string of the molecule is Cc1cccc2c1N(c1cccc[n+]1I)B1N2c2ccccc2N1c1c(-c2ccccc2)cccc1-c1ccccc1. The summed E-state index contributed by atoms with van der Waals surface area (Å²) < 4.78 is 2.19. The van der Waals surface area contributed by atoms with Crippen molar-refractivity contribution >= 4 is 64.2 Å². The van der Waals surface area contributed by atoms with Crippen LogP contribution in [0.4, 0.5) is 34.3 Å². The molecule has 4 nitrogen and oxygen atoms in total. The van der Waals surface area contributed by atoms with Crippen LogP contribution in [0.5, 0.6) is 0 Å². The Labute approximate surface area is 260 Å². The minimum Gasteiger partial charge on any atom is -0.319 e. The van der Waals surface area contributed by atoms with Crippen LogP contribution < -0.4 is 17.2 Å². The number of rotatable bonds is 4. The van der Waals surface area contributed by atoms with Crippen LogP contribution in [0.1, 0.15) is 5.56 Å². The van der Waals surface area contributed by atoms with Crippen molar-refractivity contribution in [3.05, 3.63) is 151 Å². The van der Waals surface area contributed by atoms with Crippen LogP contribution in [0.25, 0.3) is 22.3 Å². The molecule has 0 unspecified atom stereocenters. The molecule has 0 saturated carbocycles. The Morgan fingerprint density at radius 3 is 1.69 bits per heavy atom. The number of hydrogen-bond acceptors (Lipinski definition) is 3. The zero-order chi connectivity index (χ0) is 28.2. The zero-order valence-electron chi connectivity index (χ0n) is 23.1. The zero-order valence-corrected chi connectivity index (χ0v) is 25.3. The highest BCUT2D eigenvalue weighted by Gasteiger charge is 2.61. The van der Waals surface area contributed by atoms with Crippen molar-refractivity contribution in [2.45, 2.75) is 6.92 Å². The lowest BCUT2D eigenvalue weighted by molar-refractivity contribution is -0.424. The lowest BCUT2D eigenvalue weighted by Gasteiger charge is -2.30. The molecule has 42 heavy (non-hydrogen) atoms. The third kappa shape index (κ3) is 3.78. The number of anilines is 6. The number of benzene rings is 5. The van der Waals surface area contributed by atoms with Crippen molar-refractivity contribution in [1.82, 2.24) is 0 Å². The molecule has 5 aromatic carbocycles. The van der Waals surface area contributed by atoms with E-state index in [0.717, 1.165) is 5.82 Å². The molecule has 0 bridgehead atoms. The second-order valence-electron chi connectivity index (χ2n) is 10.7. The first-order chi connectivity index (χ1) is 20.7. The second kappa shape index (κ2) is 10.1. The average molecular weight is 653 g/mol. The van der Waals surface area contributed by atoms with Gasteiger partial charge in [-0.25, -0.2) is 4.81 Å². The number of halogens is 1. The highest BCUT2D eigenvalue weighted by Crippen LogP contribution is 2.58. The number of pyridine rings is 1. The van der Waals surface area contributed by atoms with Gasteiger partial charge in [0.1, 0.15) is 11.9 Å². The molecule has 1 aromatic heterocycles. The summed E-state index contributed by atoms with van der Waals surface area (Å²) in [5.74, 6) is 1.12. The minimum atomic E-state index is -0.144. The molecule has 0 spiro atoms. The van der Waals surface area contributed by atoms with E-state index in [1.54, 1.807) is 0 Å². The molecule has 0 radical (unpaired) electrons. The molecule has 0 fully saturated rings. The van der Waals surface area contributed by atoms with Gasteiger partial charge >= 0.3 is 7.12 Å². The Kier molecular flexibility index (Phi) is 6.03. The minimum absolute atomic E-state index is 0.144. The number of para-hydroxylation sites is 4. The van der Waals surface area contributed by atoms with Crippen LogP contribution in [0.3, 0.4) is 0 Å². The largest absolute Gasteiger partial charge is 0.643 e. The first kappa shape index (κ1) is 25.2. The second-order valence-corrected chi connectivity index (χ2v) is 11.7. The molecule has 0 amide bonds. The van der Waals surface area contributed by atoms with Crippen LogP contribution in [-0.2, 0) is 0 Å². The maximum absolute atomic E-state index is 2.56. The van der Waals surface area contributed by atoms with Crippen molar-refractivity contribution in [2.75, 3.05) is 14.4 Å². The summed E-state index contributed by atoms with van der Waals surface area (Å²) in [7, 11) is -0.144. The number of nitrogens with zero attached hydrogens (tertiary/aromatic N) is 4. The third-order valence-electron chi connectivity index (χ3n) is 8.30. The molecule has 0 aliphatic carbocycles. The molecule has 6 heteroatoms. The normalized spacial score (nSPS) is 13.3. The Hall–Kier alpha value is -4.56. The van der Waals surface area contributed by atoms with E-state index >= 15 is 0 Å². The van der Waals surface area contributed by atoms with Crippen LogP contribution in [0, 0.1) is 6.92 Å². The van der Waals surface area contributed by atoms with E-state index in [9.17, 15) is 0 Å². The van der Waals surface area contributed by atoms with Gasteiger partial charge in [0.15, 0.2) is 0 Å². The quantitative estimate of drug-likeness (QED) is 0.139. The van der Waals surface area contributed by atoms with E-state index in [1.807, 2.05) is 0 Å². The fourth-order valence-electron chi connectivity index (χ4n) is 6.56. The van der Waals surface area contributed by atoms with Crippen LogP contribution in [0.2, 0.25) is 0 Å². The number of hydrogen-bond donors (Lipinski definition) is 0. The van der Waals surface area contributed by atoms with Gasteiger partial charge in [0.2, 0.25) is 22.9 Å². The highest BCUT2D eigenvalue weighted by atomic mass is 127. The summed E-state index contributed by atoms with van der Waals surface area (Å²) in [5.41, 5.74) is 12.1. The fourth-order valence-corrected chi connectivity index (χ4v) is 7.14. The van der Waals surface area contributed by atoms with E-state index in [4.69, 9.17) is 0 Å². The summed E-state index contributed by atoms with van der Waals surface area (Å²) in [4.78, 5) is 7.58. The maximum atomic E-state index is 2.56. The smallest absolute Gasteiger partial charge is 0.319 e. The Morgan fingerprint density at radius 2 is 1.05 bits per heavy atom. The Balaban J connectivity index is 1.47. The molecule has 200 valence electrons. The van der Waals surface area contributed by atoms with Gasteiger partial charge in [-0.2, -0.15) is 2.78 Å². The number of fused-ring (bicyclic) bond motifs is 5. The molecular weight excluding hydrogens is 626 g/mol. The van der Waals surface area contributed by atoms with Crippen molar-refractivity contribution in [3.8, 4) is 22.3 Å². The maximum Gasteiger partial charge on any atom is 0.643 e. The summed E-state index contributed by atoms with van der Waals surface area (Å²) in [6, 6.07) is 50.2. The third-order valence-corrected chi connectivity index (χ3v) is 9.11. The lowest BCUT2D eigenvalue weighted by Crippen LogP contribution is -2.54. The van der Waals surface area contributed by atoms with Crippen LogP contribution in [0.15, 0.2) is 146 Å². The van der Waals surface area contributed by atoms with Gasteiger partial charge in [0.25, 0.3) is 5.82 Å². The molecule has 0 saturated heterocycles. The monoisotopic (exact) mass is 653 g/mol. The summed E-state index contributed by atoms with van der Waals surface area (Å²) in [5, 5.41) is 0. The molecule has 6 aromatic rings. The number of aromatic nitrogens is 1. The molecular formula is C36H27BIN4+. The molecule has 3 heterocycles. The van der Waals surface area contributed by atoms with E-state index in [2.05, 4.69) is 193 Å². The fraction of sp³-hybridized carbons (Fsp3) is 0.0278. The predicted octanol–water partition coefficient (Wildman–Crippen LogP) is 9.24. The van der Waals surface area contributed by atoms with E-state index in [-0.39, 0.29) is 7.12 Å². The van der Waals surface area contributed by atoms with Gasteiger partial charge < -0.3 is 9.62 Å². The van der Waals surface area contributed by atoms with Gasteiger partial charge in [-0.1, -0.05) is 109 Å². The molecule has 0 atom stereocenters. The van der Waals surface area contributed by atoms with Gasteiger partial charge in [0.05, 0.1) is 17.1 Å². The highest BCUT2D eigenvalue weighted by molar-refractivity contribution is 14.1. The average Bonchev–Trinajstić information content (AvgIpc) is 3.55. The standard InChI is InChI=1S/C36H27BIN4/c1-26-14-12-23-33-35(26)42(34-24-10-11-25-39(34)38)37-40(33)31-21-8-9-22-32(31)41(37)36-29(27-15-4-2-5-16-27)19-13-20-30(36)28-17-6-3-7-18-28/h2-25H,1H3/q+1. The van der Waals surface area contributed by atoms with E-state index < -0.39 is 0 Å². The predicted molar refractivity (Wildman–Crippen MR) is 183 cm³/mol. The van der Waals surface area contributed by atoms with Crippen molar-refractivity contribution < 1.29 is 2.78 Å². The summed E-state index contributed by atoms with van der Waals surface area (Å²) in [6.07, 6.45) is 2.12. The van der Waals surface area contributed by atoms with Gasteiger partial charge in [-0.05, 0) is 47.9 Å². The van der Waals surface area contributed by atoms with E-state index in [1.165, 1.54) is 56.3 Å². The van der Waals surface area contributed by atoms with Gasteiger partial charge in [0, 0.05) is 22.9 Å². The first-order valence-corrected chi connectivity index (χ1v) is 15.2. The first-order valence-electron chi connectivity index (χ1n) is 14.2. The molecule has 8 rings (SSSR count). The van der Waals surface area contributed by atoms with Gasteiger partial charge in [-0.3, -0.25) is 0 Å². The summed E-state index contributed by atoms with van der Waals surface area (Å²) in [6.45, 7) is 2.22. The van der Waals surface area contributed by atoms with Crippen LogP contribution >= 0.6 is 22.9 Å². The molecule has 2 aliphatic rings. The molecule has 0 N–H and O–H groups in total. The van der Waals surface area contributed by atoms with Gasteiger partial charge in [-0.15, -0.1) is 0 Å². The van der Waals surface area contributed by atoms with Crippen molar-refractivity contribution in [1.29, 1.82) is 0 Å².